The molecule has 2 unspecified atom stereocenters. The molecule has 6 nitrogen and oxygen atoms in total. The molecule has 2 fully saturated rings. The summed E-state index contributed by atoms with van der Waals surface area (Å²) in [7, 11) is 1.64. The number of halogens is 2. The Hall–Kier alpha value is -2.28. The predicted octanol–water partition coefficient (Wildman–Crippen LogP) is 4.45. The normalized spacial score (nSPS) is 22.3. The molecular weight excluding hydrogens is 445 g/mol. The number of piperazine rings is 1. The van der Waals surface area contributed by atoms with Crippen LogP contribution in [-0.2, 0) is 13.0 Å². The molecule has 166 valence electrons. The zero-order valence-corrected chi connectivity index (χ0v) is 19.5. The van der Waals surface area contributed by atoms with Gasteiger partial charge in [0, 0.05) is 48.4 Å². The first kappa shape index (κ1) is 20.3. The zero-order chi connectivity index (χ0) is 21.8. The zero-order valence-electron chi connectivity index (χ0n) is 17.9. The number of nitrogens with one attached hydrogen (secondary N) is 1. The van der Waals surface area contributed by atoms with Crippen LogP contribution in [-0.4, -0.2) is 48.8 Å². The van der Waals surface area contributed by atoms with E-state index in [2.05, 4.69) is 33.3 Å². The quantitative estimate of drug-likeness (QED) is 0.611. The minimum atomic E-state index is 0.436. The number of fused-ring (bicyclic) bond motifs is 4. The maximum Gasteiger partial charge on any atom is 0.318 e. The van der Waals surface area contributed by atoms with Crippen LogP contribution >= 0.6 is 23.2 Å². The number of hydrogen-bond donors (Lipinski definition) is 1. The standard InChI is InChI=1S/C24H25Cl2N5O/c1-32-24-28-19-13-30(20-4-2-3-14-5-8-18(25)22(26)21(14)20)10-9-17(19)23(29-24)31-11-15-6-7-16(12-31)27-15/h2-5,8,15-16,27H,6-7,9-13H2,1H3. The highest BCUT2D eigenvalue weighted by atomic mass is 35.5. The molecular formula is C24H25Cl2N5O. The largest absolute Gasteiger partial charge is 0.467 e. The molecule has 4 heterocycles. The summed E-state index contributed by atoms with van der Waals surface area (Å²) < 4.78 is 5.51. The summed E-state index contributed by atoms with van der Waals surface area (Å²) in [5.41, 5.74) is 3.35. The van der Waals surface area contributed by atoms with Crippen molar-refractivity contribution in [3.05, 3.63) is 51.6 Å². The molecule has 6 rings (SSSR count). The third-order valence-electron chi connectivity index (χ3n) is 6.98. The van der Waals surface area contributed by atoms with E-state index in [0.717, 1.165) is 54.0 Å². The lowest BCUT2D eigenvalue weighted by Crippen LogP contribution is -2.52. The van der Waals surface area contributed by atoms with Crippen LogP contribution in [0.5, 0.6) is 6.01 Å². The Bertz CT molecular complexity index is 1190. The molecule has 2 atom stereocenters. The Balaban J connectivity index is 1.39. The monoisotopic (exact) mass is 469 g/mol. The van der Waals surface area contributed by atoms with E-state index >= 15 is 0 Å². The molecule has 2 saturated heterocycles. The van der Waals surface area contributed by atoms with Crippen molar-refractivity contribution >= 4 is 45.5 Å². The fourth-order valence-corrected chi connectivity index (χ4v) is 5.90. The molecule has 0 saturated carbocycles. The van der Waals surface area contributed by atoms with Gasteiger partial charge in [0.2, 0.25) is 0 Å². The molecule has 0 radical (unpaired) electrons. The number of ether oxygens (including phenoxy) is 1. The third kappa shape index (κ3) is 3.36. The Kier molecular flexibility index (Phi) is 5.05. The van der Waals surface area contributed by atoms with Gasteiger partial charge in [-0.1, -0.05) is 41.4 Å². The van der Waals surface area contributed by atoms with E-state index < -0.39 is 0 Å². The average Bonchev–Trinajstić information content (AvgIpc) is 3.17. The van der Waals surface area contributed by atoms with Gasteiger partial charge < -0.3 is 19.9 Å². The third-order valence-corrected chi connectivity index (χ3v) is 7.78. The van der Waals surface area contributed by atoms with Gasteiger partial charge in [0.15, 0.2) is 0 Å². The highest BCUT2D eigenvalue weighted by Crippen LogP contribution is 2.40. The molecule has 0 spiro atoms. The molecule has 3 aliphatic heterocycles. The van der Waals surface area contributed by atoms with Crippen LogP contribution < -0.4 is 19.9 Å². The molecule has 1 aromatic heterocycles. The van der Waals surface area contributed by atoms with E-state index in [0.29, 0.717) is 34.7 Å². The molecule has 3 aromatic rings. The molecule has 3 aliphatic rings. The van der Waals surface area contributed by atoms with E-state index in [1.165, 1.54) is 18.4 Å². The van der Waals surface area contributed by atoms with Crippen LogP contribution in [0.3, 0.4) is 0 Å². The van der Waals surface area contributed by atoms with Gasteiger partial charge in [-0.15, -0.1) is 0 Å². The first-order valence-corrected chi connectivity index (χ1v) is 11.9. The summed E-state index contributed by atoms with van der Waals surface area (Å²) in [6, 6.07) is 11.7. The van der Waals surface area contributed by atoms with E-state index in [1.54, 1.807) is 7.11 Å². The van der Waals surface area contributed by atoms with Crippen LogP contribution in [0.2, 0.25) is 10.0 Å². The van der Waals surface area contributed by atoms with Crippen molar-refractivity contribution in [1.29, 1.82) is 0 Å². The summed E-state index contributed by atoms with van der Waals surface area (Å²) in [5.74, 6) is 1.05. The van der Waals surface area contributed by atoms with Gasteiger partial charge in [0.1, 0.15) is 5.82 Å². The van der Waals surface area contributed by atoms with Gasteiger partial charge >= 0.3 is 6.01 Å². The van der Waals surface area contributed by atoms with Gasteiger partial charge in [0.25, 0.3) is 0 Å². The summed E-state index contributed by atoms with van der Waals surface area (Å²) >= 11 is 13.0. The molecule has 32 heavy (non-hydrogen) atoms. The van der Waals surface area contributed by atoms with E-state index in [-0.39, 0.29) is 0 Å². The van der Waals surface area contributed by atoms with Crippen LogP contribution in [0.1, 0.15) is 24.1 Å². The Morgan fingerprint density at radius 3 is 2.62 bits per heavy atom. The molecule has 0 amide bonds. The highest BCUT2D eigenvalue weighted by Gasteiger charge is 2.35. The van der Waals surface area contributed by atoms with Crippen molar-refractivity contribution < 1.29 is 4.74 Å². The first-order valence-electron chi connectivity index (χ1n) is 11.2. The van der Waals surface area contributed by atoms with E-state index in [4.69, 9.17) is 37.9 Å². The lowest BCUT2D eigenvalue weighted by Gasteiger charge is -2.37. The maximum absolute atomic E-state index is 6.64. The summed E-state index contributed by atoms with van der Waals surface area (Å²) in [4.78, 5) is 14.3. The minimum Gasteiger partial charge on any atom is -0.467 e. The number of nitrogens with zero attached hydrogens (tertiary/aromatic N) is 4. The number of anilines is 2. The van der Waals surface area contributed by atoms with E-state index in [9.17, 15) is 0 Å². The van der Waals surface area contributed by atoms with Crippen molar-refractivity contribution in [2.45, 2.75) is 37.9 Å². The summed E-state index contributed by atoms with van der Waals surface area (Å²) in [6.45, 7) is 3.53. The van der Waals surface area contributed by atoms with Crippen LogP contribution in [0, 0.1) is 0 Å². The van der Waals surface area contributed by atoms with Gasteiger partial charge in [-0.2, -0.15) is 9.97 Å². The fraction of sp³-hybridized carbons (Fsp3) is 0.417. The average molecular weight is 470 g/mol. The summed E-state index contributed by atoms with van der Waals surface area (Å²) in [5, 5.41) is 6.95. The number of aromatic nitrogens is 2. The van der Waals surface area contributed by atoms with Gasteiger partial charge in [-0.3, -0.25) is 0 Å². The van der Waals surface area contributed by atoms with Gasteiger partial charge in [-0.25, -0.2) is 0 Å². The van der Waals surface area contributed by atoms with E-state index in [1.807, 2.05) is 12.1 Å². The molecule has 2 aromatic carbocycles. The molecule has 0 aliphatic carbocycles. The smallest absolute Gasteiger partial charge is 0.318 e. The number of hydrogen-bond acceptors (Lipinski definition) is 6. The second-order valence-electron chi connectivity index (χ2n) is 8.91. The lowest BCUT2D eigenvalue weighted by atomic mass is 10.0. The van der Waals surface area contributed by atoms with Crippen LogP contribution in [0.15, 0.2) is 30.3 Å². The number of methoxy groups -OCH3 is 1. The van der Waals surface area contributed by atoms with Crippen LogP contribution in [0.25, 0.3) is 10.8 Å². The lowest BCUT2D eigenvalue weighted by molar-refractivity contribution is 0.374. The SMILES string of the molecule is COc1nc2c(c(N3CC4CCC(C3)N4)n1)CCN(c1cccc3ccc(Cl)c(Cl)c13)C2. The Morgan fingerprint density at radius 2 is 1.84 bits per heavy atom. The molecule has 8 heteroatoms. The second-order valence-corrected chi connectivity index (χ2v) is 9.70. The topological polar surface area (TPSA) is 53.5 Å². The molecule has 2 bridgehead atoms. The maximum atomic E-state index is 6.64. The summed E-state index contributed by atoms with van der Waals surface area (Å²) in [6.07, 6.45) is 3.36. The van der Waals surface area contributed by atoms with Crippen molar-refractivity contribution in [3.8, 4) is 6.01 Å². The molecule has 1 N–H and O–H groups in total. The number of benzene rings is 2. The van der Waals surface area contributed by atoms with Crippen molar-refractivity contribution in [2.24, 2.45) is 0 Å². The number of rotatable bonds is 3. The fourth-order valence-electron chi connectivity index (χ4n) is 5.47. The minimum absolute atomic E-state index is 0.436. The Labute approximate surface area is 197 Å². The van der Waals surface area contributed by atoms with Gasteiger partial charge in [-0.05, 0) is 36.8 Å². The van der Waals surface area contributed by atoms with Crippen molar-refractivity contribution in [1.82, 2.24) is 15.3 Å². The first-order chi connectivity index (χ1) is 15.6. The second kappa shape index (κ2) is 7.94. The highest BCUT2D eigenvalue weighted by molar-refractivity contribution is 6.46. The Morgan fingerprint density at radius 1 is 1.03 bits per heavy atom. The van der Waals surface area contributed by atoms with Crippen molar-refractivity contribution in [3.63, 3.8) is 0 Å². The van der Waals surface area contributed by atoms with Gasteiger partial charge in [0.05, 0.1) is 29.4 Å². The predicted molar refractivity (Wildman–Crippen MR) is 129 cm³/mol. The van der Waals surface area contributed by atoms with Crippen LogP contribution in [0.4, 0.5) is 11.5 Å². The van der Waals surface area contributed by atoms with Crippen molar-refractivity contribution in [2.75, 3.05) is 36.5 Å².